The first-order chi connectivity index (χ1) is 34.6. The molecule has 2 fully saturated rings. The molecule has 1 aliphatic carbocycles. The Morgan fingerprint density at radius 2 is 1.67 bits per heavy atom. The van der Waals surface area contributed by atoms with Gasteiger partial charge in [0.25, 0.3) is 0 Å². The number of hydrogen-bond donors (Lipinski definition) is 2. The summed E-state index contributed by atoms with van der Waals surface area (Å²) >= 11 is 9.58. The van der Waals surface area contributed by atoms with Crippen molar-refractivity contribution < 1.29 is 19.1 Å². The third kappa shape index (κ3) is 9.73. The number of rotatable bonds is 14. The van der Waals surface area contributed by atoms with E-state index in [9.17, 15) is 14.4 Å². The largest absolute Gasteiger partial charge is 0.490 e. The van der Waals surface area contributed by atoms with Crippen molar-refractivity contribution in [3.63, 3.8) is 0 Å². The highest BCUT2D eigenvalue weighted by Crippen LogP contribution is 2.40. The molecule has 10 rings (SSSR count). The minimum atomic E-state index is -0.634. The van der Waals surface area contributed by atoms with Crippen LogP contribution in [0, 0.1) is 39.5 Å². The van der Waals surface area contributed by atoms with Gasteiger partial charge in [-0.15, -0.1) is 32.9 Å². The van der Waals surface area contributed by atoms with Gasteiger partial charge >= 0.3 is 0 Å². The van der Waals surface area contributed by atoms with Gasteiger partial charge in [0.05, 0.1) is 46.1 Å². The molecule has 18 heteroatoms. The van der Waals surface area contributed by atoms with Crippen LogP contribution in [0.3, 0.4) is 0 Å². The number of thiophene rings is 1. The number of thiazole rings is 1. The van der Waals surface area contributed by atoms with E-state index in [4.69, 9.17) is 26.4 Å². The second kappa shape index (κ2) is 20.2. The van der Waals surface area contributed by atoms with Gasteiger partial charge in [-0.1, -0.05) is 68.8 Å². The molecule has 7 heterocycles. The monoisotopic (exact) mass is 1020 g/mol. The highest BCUT2D eigenvalue weighted by molar-refractivity contribution is 7.15. The summed E-state index contributed by atoms with van der Waals surface area (Å²) in [6.07, 6.45) is 7.12. The fourth-order valence-corrected chi connectivity index (χ4v) is 12.3. The van der Waals surface area contributed by atoms with Crippen LogP contribution in [0.25, 0.3) is 26.7 Å². The number of aliphatic imine (C=N–C) groups is 1. The topological polar surface area (TPSA) is 174 Å². The molecular formula is C54H58ClN11O4S2. The Bertz CT molecular complexity index is 3190. The number of carbonyl (C=O) groups is 3. The summed E-state index contributed by atoms with van der Waals surface area (Å²) < 4.78 is 10.2. The van der Waals surface area contributed by atoms with E-state index in [0.717, 1.165) is 60.5 Å². The number of amides is 3. The lowest BCUT2D eigenvalue weighted by Crippen LogP contribution is -2.49. The van der Waals surface area contributed by atoms with Gasteiger partial charge in [0.1, 0.15) is 40.8 Å². The maximum absolute atomic E-state index is 14.5. The van der Waals surface area contributed by atoms with Gasteiger partial charge in [0, 0.05) is 70.5 Å². The molecule has 15 nitrogen and oxygen atoms in total. The quantitative estimate of drug-likeness (QED) is 0.107. The molecule has 5 atom stereocenters. The van der Waals surface area contributed by atoms with E-state index in [0.29, 0.717) is 48.1 Å². The summed E-state index contributed by atoms with van der Waals surface area (Å²) in [5.41, 5.74) is 10.2. The van der Waals surface area contributed by atoms with Crippen LogP contribution in [-0.4, -0.2) is 87.6 Å². The Labute approximate surface area is 432 Å². The first-order valence-corrected chi connectivity index (χ1v) is 26.6. The van der Waals surface area contributed by atoms with Crippen molar-refractivity contribution in [3.8, 4) is 32.4 Å². The molecule has 7 aromatic rings. The number of ether oxygens (including phenoxy) is 1. The molecule has 2 N–H and O–H groups in total. The average Bonchev–Trinajstić information content (AvgIpc) is 4.19. The van der Waals surface area contributed by atoms with Crippen LogP contribution in [0.1, 0.15) is 116 Å². The zero-order valence-electron chi connectivity index (χ0n) is 41.6. The van der Waals surface area contributed by atoms with Crippen molar-refractivity contribution in [2.75, 3.05) is 6.54 Å². The number of likely N-dealkylation sites (tertiary alicyclic amines) is 1. The minimum Gasteiger partial charge on any atom is -0.490 e. The zero-order chi connectivity index (χ0) is 50.5. The SMILES string of the molecule is Cc1ncsc1-c1ccc([C@H](C)NC(=O)[C@@H]2C[C@@H](C)CN2C(=O)[C@@H](C(C)C)n2cc(-c3cc(O[C@H]4C[C@H](NC(=O)C[C@@H]5N=C(c6ccc(Cl)cc6)c6c(sc(C)c6C)-n6c(C)nnc65)C4)ccn3)cn2)cc1. The number of pyridine rings is 1. The third-order valence-corrected chi connectivity index (χ3v) is 16.6. The molecular weight excluding hydrogens is 966 g/mol. The lowest BCUT2D eigenvalue weighted by molar-refractivity contribution is -0.142. The number of nitrogens with one attached hydrogen (secondary N) is 2. The molecule has 2 aromatic carbocycles. The van der Waals surface area contributed by atoms with Crippen LogP contribution in [0.15, 0.2) is 89.8 Å². The summed E-state index contributed by atoms with van der Waals surface area (Å²) in [5, 5.41) is 21.7. The van der Waals surface area contributed by atoms with E-state index >= 15 is 0 Å². The molecule has 0 spiro atoms. The Balaban J connectivity index is 0.762. The molecule has 0 bridgehead atoms. The molecule has 72 heavy (non-hydrogen) atoms. The van der Waals surface area contributed by atoms with Gasteiger partial charge in [0.2, 0.25) is 17.7 Å². The van der Waals surface area contributed by atoms with E-state index in [1.807, 2.05) is 94.9 Å². The van der Waals surface area contributed by atoms with Crippen LogP contribution in [0.4, 0.5) is 0 Å². The summed E-state index contributed by atoms with van der Waals surface area (Å²) in [6.45, 7) is 16.7. The number of aryl methyl sites for hydroxylation is 3. The zero-order valence-corrected chi connectivity index (χ0v) is 44.0. The van der Waals surface area contributed by atoms with Crippen molar-refractivity contribution in [1.82, 2.24) is 50.0 Å². The molecule has 3 aliphatic rings. The van der Waals surface area contributed by atoms with Crippen LogP contribution in [0.2, 0.25) is 5.02 Å². The molecule has 0 radical (unpaired) electrons. The van der Waals surface area contributed by atoms with Crippen LogP contribution < -0.4 is 15.4 Å². The van der Waals surface area contributed by atoms with Gasteiger partial charge in [-0.3, -0.25) is 33.6 Å². The third-order valence-electron chi connectivity index (χ3n) is 14.2. The van der Waals surface area contributed by atoms with E-state index in [-0.39, 0.29) is 54.2 Å². The summed E-state index contributed by atoms with van der Waals surface area (Å²) in [5.74, 6) is 1.65. The van der Waals surface area contributed by atoms with Gasteiger partial charge in [0.15, 0.2) is 5.82 Å². The molecule has 1 saturated heterocycles. The number of carbonyl (C=O) groups excluding carboxylic acids is 3. The Kier molecular flexibility index (Phi) is 13.7. The Hall–Kier alpha value is -6.56. The van der Waals surface area contributed by atoms with Gasteiger partial charge in [-0.25, -0.2) is 4.98 Å². The predicted octanol–water partition coefficient (Wildman–Crippen LogP) is 9.92. The van der Waals surface area contributed by atoms with Crippen molar-refractivity contribution >= 4 is 57.7 Å². The van der Waals surface area contributed by atoms with E-state index in [2.05, 4.69) is 68.3 Å². The van der Waals surface area contributed by atoms with Gasteiger partial charge < -0.3 is 20.3 Å². The molecule has 2 aliphatic heterocycles. The van der Waals surface area contributed by atoms with Crippen molar-refractivity contribution in [3.05, 3.63) is 134 Å². The normalized spacial score (nSPS) is 20.2. The molecule has 3 amide bonds. The van der Waals surface area contributed by atoms with Gasteiger partial charge in [-0.05, 0) is 87.8 Å². The summed E-state index contributed by atoms with van der Waals surface area (Å²) in [4.78, 5) is 60.6. The van der Waals surface area contributed by atoms with Crippen molar-refractivity contribution in [2.24, 2.45) is 16.8 Å². The van der Waals surface area contributed by atoms with Crippen LogP contribution >= 0.6 is 34.3 Å². The highest BCUT2D eigenvalue weighted by Gasteiger charge is 2.42. The number of hydrogen-bond acceptors (Lipinski definition) is 12. The van der Waals surface area contributed by atoms with Crippen LogP contribution in [0.5, 0.6) is 5.75 Å². The smallest absolute Gasteiger partial charge is 0.248 e. The van der Waals surface area contributed by atoms with E-state index < -0.39 is 18.1 Å². The average molecular weight is 1020 g/mol. The fourth-order valence-electron chi connectivity index (χ4n) is 10.1. The lowest BCUT2D eigenvalue weighted by atomic mass is 9.89. The molecule has 0 unspecified atom stereocenters. The molecule has 1 saturated carbocycles. The number of benzene rings is 2. The van der Waals surface area contributed by atoms with E-state index in [1.165, 1.54) is 4.88 Å². The first kappa shape index (κ1) is 49.0. The lowest BCUT2D eigenvalue weighted by Gasteiger charge is -2.36. The van der Waals surface area contributed by atoms with Crippen molar-refractivity contribution in [1.29, 1.82) is 0 Å². The number of nitrogens with zero attached hydrogens (tertiary/aromatic N) is 9. The summed E-state index contributed by atoms with van der Waals surface area (Å²) in [7, 11) is 0. The minimum absolute atomic E-state index is 0.0616. The standard InChI is InChI=1S/C54H58ClN11O4S2/c1-28(2)49(53(69)64-25-29(3)19-45(64)52(68)59-31(5)35-9-11-37(12-10-35)50-32(6)57-27-71-50)65-26-38(24-58-65)43-22-41(17-18-56-43)70-42-20-40(21-42)60-46(67)23-44-51-63-62-34(8)66(51)54-47(30(4)33(7)72-54)48(61-44)36-13-15-39(55)16-14-36/h9-18,22,24,26-29,31,40,42,44-45,49H,19-21,23,25H2,1-8H3,(H,59,68)(H,60,67)/t29-,31+,40-,42-,44+,45+,49-/m1/s1. The molecule has 5 aromatic heterocycles. The fraction of sp³-hybridized carbons (Fsp3) is 0.389. The maximum atomic E-state index is 14.5. The number of aromatic nitrogens is 7. The van der Waals surface area contributed by atoms with E-state index in [1.54, 1.807) is 44.6 Å². The number of fused-ring (bicyclic) bond motifs is 3. The maximum Gasteiger partial charge on any atom is 0.248 e. The Morgan fingerprint density at radius 3 is 2.39 bits per heavy atom. The van der Waals surface area contributed by atoms with Crippen LogP contribution in [-0.2, 0) is 14.4 Å². The van der Waals surface area contributed by atoms with Crippen molar-refractivity contribution in [2.45, 2.75) is 117 Å². The Morgan fingerprint density at radius 1 is 0.917 bits per heavy atom. The molecule has 372 valence electrons. The second-order valence-electron chi connectivity index (χ2n) is 19.8. The summed E-state index contributed by atoms with van der Waals surface area (Å²) in [6, 6.07) is 17.5. The number of halogens is 1. The van der Waals surface area contributed by atoms with Gasteiger partial charge in [-0.2, -0.15) is 5.10 Å². The second-order valence-corrected chi connectivity index (χ2v) is 22.3. The predicted molar refractivity (Wildman–Crippen MR) is 281 cm³/mol. The highest BCUT2D eigenvalue weighted by atomic mass is 35.5. The first-order valence-electron chi connectivity index (χ1n) is 24.5.